The van der Waals surface area contributed by atoms with E-state index in [0.717, 1.165) is 28.4 Å². The van der Waals surface area contributed by atoms with Crippen LogP contribution in [-0.2, 0) is 6.42 Å². The van der Waals surface area contributed by atoms with Crippen LogP contribution in [0, 0.1) is 0 Å². The minimum atomic E-state index is 0.630. The average molecular weight is 763 g/mol. The van der Waals surface area contributed by atoms with Crippen molar-refractivity contribution in [2.24, 2.45) is 5.73 Å². The van der Waals surface area contributed by atoms with Crippen molar-refractivity contribution in [2.75, 3.05) is 13.6 Å². The molecule has 57 heavy (non-hydrogen) atoms. The summed E-state index contributed by atoms with van der Waals surface area (Å²) < 4.78 is 0. The second-order valence-corrected chi connectivity index (χ2v) is 12.9. The highest BCUT2D eigenvalue weighted by atomic mass is 15.5. The molecular formula is C53H70N4. The molecule has 0 saturated heterocycles. The van der Waals surface area contributed by atoms with Gasteiger partial charge in [0.25, 0.3) is 0 Å². The summed E-state index contributed by atoms with van der Waals surface area (Å²) in [6.45, 7) is 33.2. The molecule has 0 heterocycles. The van der Waals surface area contributed by atoms with Gasteiger partial charge in [-0.25, -0.2) is 5.43 Å². The fourth-order valence-corrected chi connectivity index (χ4v) is 6.09. The first-order chi connectivity index (χ1) is 27.7. The SMILES string of the molecule is C=C/C=C(\C=C)N(/C(C)=C/C=C\C)/C(C)=C/C(=C\C(=C)N(C/C=C\C=C/N)NC)Cc1ccc2ccc3cccc4ccc1c2c34.C=C/C=C\C.CC.CCCC. The van der Waals surface area contributed by atoms with Gasteiger partial charge in [-0.3, -0.25) is 0 Å². The number of benzene rings is 4. The lowest BCUT2D eigenvalue weighted by molar-refractivity contribution is 0.310. The number of unbranched alkanes of at least 4 members (excludes halogenated alkanes) is 1. The third-order valence-electron chi connectivity index (χ3n) is 8.84. The molecular weight excluding hydrogens is 693 g/mol. The van der Waals surface area contributed by atoms with Crippen LogP contribution in [0.4, 0.5) is 0 Å². The molecule has 4 aromatic rings. The molecule has 0 aliphatic heterocycles. The molecule has 0 aliphatic carbocycles. The number of hydrazine groups is 1. The first kappa shape index (κ1) is 49.2. The van der Waals surface area contributed by atoms with Crippen molar-refractivity contribution >= 4 is 32.3 Å². The van der Waals surface area contributed by atoms with Crippen LogP contribution in [0.15, 0.2) is 201 Å². The summed E-state index contributed by atoms with van der Waals surface area (Å²) in [6, 6.07) is 20.0. The van der Waals surface area contributed by atoms with Crippen LogP contribution in [0.25, 0.3) is 32.3 Å². The standard InChI is InChI=1S/C42H46N4.C5H8.C4H10.C2H6/c1-8-11-17-31(4)46(39(10-3)16-9-2)33(6)29-34(28-32(5)45(44-7)27-14-12-13-26-43)30-38-23-22-37-21-20-35-18-15-19-36-24-25-40(38)42(37)41(35)36;1-3-5-4-2;1-3-4-2;1-2/h8-26,28-29,44H,2-3,5,27,30,43H2,1,4,6-7H3;3-5H,1H2,2H3;3-4H2,1-2H3;1-2H3/b11-8-,14-12-,26-13-,31-17+,33-29+,34-28+,39-16+;5-4-;;. The molecule has 3 N–H and O–H groups in total. The van der Waals surface area contributed by atoms with Crippen molar-refractivity contribution in [3.8, 4) is 0 Å². The van der Waals surface area contributed by atoms with Crippen LogP contribution < -0.4 is 11.2 Å². The van der Waals surface area contributed by atoms with Crippen molar-refractivity contribution in [3.63, 3.8) is 0 Å². The van der Waals surface area contributed by atoms with Crippen LogP contribution in [0.3, 0.4) is 0 Å². The summed E-state index contributed by atoms with van der Waals surface area (Å²) in [5.74, 6) is 0. The Morgan fingerprint density at radius 1 is 0.737 bits per heavy atom. The van der Waals surface area contributed by atoms with Crippen molar-refractivity contribution in [2.45, 2.75) is 74.7 Å². The topological polar surface area (TPSA) is 44.5 Å². The maximum atomic E-state index is 5.51. The van der Waals surface area contributed by atoms with Gasteiger partial charge in [-0.1, -0.05) is 170 Å². The van der Waals surface area contributed by atoms with Crippen LogP contribution in [0.2, 0.25) is 0 Å². The molecule has 302 valence electrons. The molecule has 0 spiro atoms. The van der Waals surface area contributed by atoms with Gasteiger partial charge < -0.3 is 15.6 Å². The van der Waals surface area contributed by atoms with E-state index in [1.54, 1.807) is 12.2 Å². The van der Waals surface area contributed by atoms with Gasteiger partial charge in [0.05, 0.1) is 6.54 Å². The van der Waals surface area contributed by atoms with Gasteiger partial charge in [0, 0.05) is 29.8 Å². The van der Waals surface area contributed by atoms with Crippen LogP contribution in [0.5, 0.6) is 0 Å². The summed E-state index contributed by atoms with van der Waals surface area (Å²) in [4.78, 5) is 2.20. The highest BCUT2D eigenvalue weighted by molar-refractivity contribution is 6.23. The molecule has 4 heteroatoms. The molecule has 4 aromatic carbocycles. The number of hydrogen-bond donors (Lipinski definition) is 2. The lowest BCUT2D eigenvalue weighted by atomic mass is 9.90. The van der Waals surface area contributed by atoms with E-state index >= 15 is 0 Å². The first-order valence-corrected chi connectivity index (χ1v) is 20.2. The monoisotopic (exact) mass is 763 g/mol. The summed E-state index contributed by atoms with van der Waals surface area (Å²) in [5.41, 5.74) is 15.1. The largest absolute Gasteiger partial charge is 0.405 e. The Bertz CT molecular complexity index is 2080. The Morgan fingerprint density at radius 2 is 1.35 bits per heavy atom. The summed E-state index contributed by atoms with van der Waals surface area (Å²) in [5, 5.41) is 9.70. The van der Waals surface area contributed by atoms with E-state index in [2.05, 4.69) is 137 Å². The Kier molecular flexibility index (Phi) is 24.6. The van der Waals surface area contributed by atoms with Gasteiger partial charge in [0.1, 0.15) is 0 Å². The van der Waals surface area contributed by atoms with Crippen LogP contribution in [0.1, 0.15) is 73.8 Å². The third kappa shape index (κ3) is 15.3. The van der Waals surface area contributed by atoms with Crippen molar-refractivity contribution < 1.29 is 0 Å². The summed E-state index contributed by atoms with van der Waals surface area (Å²) in [7, 11) is 1.90. The molecule has 0 fully saturated rings. The number of nitrogens with zero attached hydrogens (tertiary/aromatic N) is 2. The Morgan fingerprint density at radius 3 is 1.88 bits per heavy atom. The van der Waals surface area contributed by atoms with Gasteiger partial charge in [-0.2, -0.15) is 0 Å². The number of nitrogens with two attached hydrogens (primary N) is 1. The number of allylic oxidation sites excluding steroid dienone is 16. The molecule has 0 aliphatic rings. The van der Waals surface area contributed by atoms with E-state index in [1.165, 1.54) is 56.9 Å². The zero-order valence-electron chi connectivity index (χ0n) is 36.5. The Balaban J connectivity index is 0.00000131. The van der Waals surface area contributed by atoms with E-state index in [1.807, 2.05) is 94.4 Å². The predicted molar refractivity (Wildman–Crippen MR) is 259 cm³/mol. The van der Waals surface area contributed by atoms with Gasteiger partial charge >= 0.3 is 0 Å². The lowest BCUT2D eigenvalue weighted by Gasteiger charge is -2.28. The van der Waals surface area contributed by atoms with E-state index in [4.69, 9.17) is 5.73 Å². The fourth-order valence-electron chi connectivity index (χ4n) is 6.09. The van der Waals surface area contributed by atoms with Gasteiger partial charge in [0.2, 0.25) is 0 Å². The Hall–Kier alpha value is -5.84. The Labute approximate surface area is 346 Å². The minimum absolute atomic E-state index is 0.630. The fraction of sp³-hybridized carbons (Fsp3) is 0.245. The molecule has 0 saturated carbocycles. The molecule has 0 bridgehead atoms. The number of rotatable bonds is 17. The minimum Gasteiger partial charge on any atom is -0.405 e. The summed E-state index contributed by atoms with van der Waals surface area (Å²) in [6.07, 6.45) is 32.4. The molecule has 0 aromatic heterocycles. The predicted octanol–water partition coefficient (Wildman–Crippen LogP) is 14.6. The maximum absolute atomic E-state index is 5.51. The highest BCUT2D eigenvalue weighted by Crippen LogP contribution is 2.37. The maximum Gasteiger partial charge on any atom is 0.0528 e. The van der Waals surface area contributed by atoms with Crippen molar-refractivity contribution in [1.82, 2.24) is 15.3 Å². The van der Waals surface area contributed by atoms with E-state index < -0.39 is 0 Å². The zero-order valence-corrected chi connectivity index (χ0v) is 36.5. The van der Waals surface area contributed by atoms with Gasteiger partial charge in [0.15, 0.2) is 0 Å². The number of hydrogen-bond acceptors (Lipinski definition) is 4. The normalized spacial score (nSPS) is 12.4. The molecule has 0 atom stereocenters. The van der Waals surface area contributed by atoms with Crippen LogP contribution >= 0.6 is 0 Å². The third-order valence-corrected chi connectivity index (χ3v) is 8.84. The van der Waals surface area contributed by atoms with Gasteiger partial charge in [-0.05, 0) is 120 Å². The van der Waals surface area contributed by atoms with Crippen molar-refractivity contribution in [1.29, 1.82) is 0 Å². The molecule has 0 radical (unpaired) electrons. The van der Waals surface area contributed by atoms with E-state index in [0.29, 0.717) is 13.0 Å². The number of nitrogens with one attached hydrogen (secondary N) is 1. The average Bonchev–Trinajstić information content (AvgIpc) is 3.23. The molecule has 0 unspecified atom stereocenters. The zero-order chi connectivity index (χ0) is 42.6. The summed E-state index contributed by atoms with van der Waals surface area (Å²) >= 11 is 0. The van der Waals surface area contributed by atoms with Crippen LogP contribution in [-0.4, -0.2) is 23.5 Å². The highest BCUT2D eigenvalue weighted by Gasteiger charge is 2.15. The van der Waals surface area contributed by atoms with Crippen molar-refractivity contribution in [3.05, 3.63) is 206 Å². The molecule has 0 amide bonds. The smallest absolute Gasteiger partial charge is 0.0528 e. The molecule has 4 nitrogen and oxygen atoms in total. The molecule has 4 rings (SSSR count). The second-order valence-electron chi connectivity index (χ2n) is 12.9. The van der Waals surface area contributed by atoms with E-state index in [-0.39, 0.29) is 0 Å². The second kappa shape index (κ2) is 28.6. The van der Waals surface area contributed by atoms with E-state index in [9.17, 15) is 0 Å². The first-order valence-electron chi connectivity index (χ1n) is 20.2. The lowest BCUT2D eigenvalue weighted by Crippen LogP contribution is -2.33. The van der Waals surface area contributed by atoms with Gasteiger partial charge in [-0.15, -0.1) is 0 Å². The quantitative estimate of drug-likeness (QED) is 0.0639.